The Kier molecular flexibility index (Phi) is 6.14. The maximum absolute atomic E-state index is 6.18. The van der Waals surface area contributed by atoms with Gasteiger partial charge in [-0.15, -0.1) is 10.2 Å². The van der Waals surface area contributed by atoms with Gasteiger partial charge >= 0.3 is 0 Å². The first-order chi connectivity index (χ1) is 12.7. The average molecular weight is 371 g/mol. The molecule has 0 bridgehead atoms. The average Bonchev–Trinajstić information content (AvgIpc) is 3.16. The van der Waals surface area contributed by atoms with Crippen LogP contribution in [-0.2, 0) is 12.2 Å². The summed E-state index contributed by atoms with van der Waals surface area (Å²) < 4.78 is 16.3. The highest BCUT2D eigenvalue weighted by Crippen LogP contribution is 2.30. The number of methoxy groups -OCH3 is 2. The SMILES string of the molecule is COc1ccc(CSc2nnc([C@@H](N)Cc3ccccc3)o2)cc1OC. The highest BCUT2D eigenvalue weighted by molar-refractivity contribution is 7.98. The van der Waals surface area contributed by atoms with Crippen molar-refractivity contribution >= 4 is 11.8 Å². The van der Waals surface area contributed by atoms with Crippen LogP contribution in [0, 0.1) is 0 Å². The number of rotatable bonds is 8. The summed E-state index contributed by atoms with van der Waals surface area (Å²) >= 11 is 1.46. The second-order valence-corrected chi connectivity index (χ2v) is 6.61. The molecule has 0 amide bonds. The molecule has 1 atom stereocenters. The molecule has 0 unspecified atom stereocenters. The molecule has 1 heterocycles. The molecule has 3 aromatic rings. The van der Waals surface area contributed by atoms with Crippen molar-refractivity contribution in [3.05, 3.63) is 65.5 Å². The molecule has 0 spiro atoms. The molecule has 136 valence electrons. The van der Waals surface area contributed by atoms with E-state index in [1.807, 2.05) is 48.5 Å². The molecular weight excluding hydrogens is 350 g/mol. The van der Waals surface area contributed by atoms with Crippen LogP contribution in [0.15, 0.2) is 58.2 Å². The highest BCUT2D eigenvalue weighted by atomic mass is 32.2. The molecule has 2 N–H and O–H groups in total. The van der Waals surface area contributed by atoms with Gasteiger partial charge in [-0.3, -0.25) is 0 Å². The van der Waals surface area contributed by atoms with E-state index >= 15 is 0 Å². The molecule has 26 heavy (non-hydrogen) atoms. The number of nitrogens with two attached hydrogens (primary N) is 1. The zero-order valence-corrected chi connectivity index (χ0v) is 15.5. The normalized spacial score (nSPS) is 12.0. The van der Waals surface area contributed by atoms with Gasteiger partial charge in [0.25, 0.3) is 5.22 Å². The standard InChI is InChI=1S/C19H21N3O3S/c1-23-16-9-8-14(11-17(16)24-2)12-26-19-22-21-18(25-19)15(20)10-13-6-4-3-5-7-13/h3-9,11,15H,10,12,20H2,1-2H3/t15-/m0/s1. The fourth-order valence-corrected chi connectivity index (χ4v) is 3.21. The minimum Gasteiger partial charge on any atom is -0.493 e. The van der Waals surface area contributed by atoms with Crippen LogP contribution in [0.5, 0.6) is 11.5 Å². The summed E-state index contributed by atoms with van der Waals surface area (Å²) in [6.45, 7) is 0. The van der Waals surface area contributed by atoms with Crippen LogP contribution >= 0.6 is 11.8 Å². The highest BCUT2D eigenvalue weighted by Gasteiger charge is 2.15. The zero-order valence-electron chi connectivity index (χ0n) is 14.7. The largest absolute Gasteiger partial charge is 0.493 e. The van der Waals surface area contributed by atoms with Gasteiger partial charge in [-0.05, 0) is 29.7 Å². The first kappa shape index (κ1) is 18.3. The minimum atomic E-state index is -0.319. The van der Waals surface area contributed by atoms with Crippen molar-refractivity contribution < 1.29 is 13.9 Å². The Balaban J connectivity index is 1.60. The molecule has 0 saturated heterocycles. The van der Waals surface area contributed by atoms with Crippen molar-refractivity contribution in [3.8, 4) is 11.5 Å². The monoisotopic (exact) mass is 371 g/mol. The molecule has 0 aliphatic rings. The Labute approximate surface area is 156 Å². The van der Waals surface area contributed by atoms with Crippen molar-refractivity contribution in [2.75, 3.05) is 14.2 Å². The number of ether oxygens (including phenoxy) is 2. The molecule has 0 radical (unpaired) electrons. The zero-order chi connectivity index (χ0) is 18.4. The number of thioether (sulfide) groups is 1. The first-order valence-electron chi connectivity index (χ1n) is 8.16. The van der Waals surface area contributed by atoms with Crippen LogP contribution in [0.25, 0.3) is 0 Å². The van der Waals surface area contributed by atoms with Gasteiger partial charge in [-0.1, -0.05) is 48.2 Å². The fourth-order valence-electron chi connectivity index (χ4n) is 2.50. The van der Waals surface area contributed by atoms with Gasteiger partial charge in [0.05, 0.1) is 20.3 Å². The third-order valence-corrected chi connectivity index (χ3v) is 4.74. The predicted octanol–water partition coefficient (Wildman–Crippen LogP) is 3.62. The Bertz CT molecular complexity index is 839. The van der Waals surface area contributed by atoms with Gasteiger partial charge in [0.1, 0.15) is 0 Å². The molecular formula is C19H21N3O3S. The Morgan fingerprint density at radius 2 is 1.77 bits per heavy atom. The van der Waals surface area contributed by atoms with Gasteiger partial charge in [-0.25, -0.2) is 0 Å². The van der Waals surface area contributed by atoms with Gasteiger partial charge in [-0.2, -0.15) is 0 Å². The number of hydrogen-bond acceptors (Lipinski definition) is 7. The van der Waals surface area contributed by atoms with E-state index in [9.17, 15) is 0 Å². The quantitative estimate of drug-likeness (QED) is 0.605. The lowest BCUT2D eigenvalue weighted by Crippen LogP contribution is -2.13. The van der Waals surface area contributed by atoms with Crippen LogP contribution in [-0.4, -0.2) is 24.4 Å². The van der Waals surface area contributed by atoms with Crippen molar-refractivity contribution in [3.63, 3.8) is 0 Å². The van der Waals surface area contributed by atoms with E-state index in [0.717, 1.165) is 11.1 Å². The summed E-state index contributed by atoms with van der Waals surface area (Å²) in [7, 11) is 3.23. The Morgan fingerprint density at radius 1 is 1.00 bits per heavy atom. The molecule has 1 aromatic heterocycles. The first-order valence-corrected chi connectivity index (χ1v) is 9.14. The maximum atomic E-state index is 6.18. The van der Waals surface area contributed by atoms with Crippen molar-refractivity contribution in [2.45, 2.75) is 23.4 Å². The lowest BCUT2D eigenvalue weighted by atomic mass is 10.1. The number of benzene rings is 2. The molecule has 0 aliphatic carbocycles. The fraction of sp³-hybridized carbons (Fsp3) is 0.263. The lowest BCUT2D eigenvalue weighted by molar-refractivity contribution is 0.354. The molecule has 2 aromatic carbocycles. The van der Waals surface area contributed by atoms with Crippen molar-refractivity contribution in [2.24, 2.45) is 5.73 Å². The molecule has 3 rings (SSSR count). The Morgan fingerprint density at radius 3 is 2.50 bits per heavy atom. The van der Waals surface area contributed by atoms with Crippen LogP contribution in [0.4, 0.5) is 0 Å². The third kappa shape index (κ3) is 4.56. The van der Waals surface area contributed by atoms with E-state index < -0.39 is 0 Å². The second-order valence-electron chi connectivity index (χ2n) is 5.68. The van der Waals surface area contributed by atoms with Crippen LogP contribution in [0.3, 0.4) is 0 Å². The number of aromatic nitrogens is 2. The van der Waals surface area contributed by atoms with Gasteiger partial charge < -0.3 is 19.6 Å². The third-order valence-electron chi connectivity index (χ3n) is 3.85. The van der Waals surface area contributed by atoms with Crippen LogP contribution in [0.1, 0.15) is 23.1 Å². The summed E-state index contributed by atoms with van der Waals surface area (Å²) in [5.41, 5.74) is 8.39. The summed E-state index contributed by atoms with van der Waals surface area (Å²) in [6.07, 6.45) is 0.656. The summed E-state index contributed by atoms with van der Waals surface area (Å²) in [4.78, 5) is 0. The van der Waals surface area contributed by atoms with Crippen LogP contribution < -0.4 is 15.2 Å². The van der Waals surface area contributed by atoms with E-state index in [1.54, 1.807) is 14.2 Å². The molecule has 7 heteroatoms. The van der Waals surface area contributed by atoms with Gasteiger partial charge in [0, 0.05) is 5.75 Å². The van der Waals surface area contributed by atoms with E-state index in [4.69, 9.17) is 19.6 Å². The lowest BCUT2D eigenvalue weighted by Gasteiger charge is -2.08. The topological polar surface area (TPSA) is 83.4 Å². The van der Waals surface area contributed by atoms with E-state index in [0.29, 0.717) is 34.8 Å². The molecule has 6 nitrogen and oxygen atoms in total. The van der Waals surface area contributed by atoms with Crippen molar-refractivity contribution in [1.29, 1.82) is 0 Å². The van der Waals surface area contributed by atoms with E-state index in [1.165, 1.54) is 11.8 Å². The Hall–Kier alpha value is -2.51. The summed E-state index contributed by atoms with van der Waals surface area (Å²) in [5, 5.41) is 8.66. The predicted molar refractivity (Wildman–Crippen MR) is 100 cm³/mol. The van der Waals surface area contributed by atoms with Gasteiger partial charge in [0.2, 0.25) is 5.89 Å². The number of hydrogen-bond donors (Lipinski definition) is 1. The summed E-state index contributed by atoms with van der Waals surface area (Å²) in [5.74, 6) is 2.52. The van der Waals surface area contributed by atoms with Gasteiger partial charge in [0.15, 0.2) is 11.5 Å². The number of nitrogens with zero attached hydrogens (tertiary/aromatic N) is 2. The molecule has 0 fully saturated rings. The second kappa shape index (κ2) is 8.73. The van der Waals surface area contributed by atoms with Crippen LogP contribution in [0.2, 0.25) is 0 Å². The minimum absolute atomic E-state index is 0.319. The molecule has 0 saturated carbocycles. The summed E-state index contributed by atoms with van der Waals surface area (Å²) in [6, 6.07) is 15.5. The maximum Gasteiger partial charge on any atom is 0.276 e. The van der Waals surface area contributed by atoms with E-state index in [-0.39, 0.29) is 6.04 Å². The van der Waals surface area contributed by atoms with E-state index in [2.05, 4.69) is 10.2 Å². The molecule has 0 aliphatic heterocycles. The smallest absolute Gasteiger partial charge is 0.276 e. The van der Waals surface area contributed by atoms with Crippen molar-refractivity contribution in [1.82, 2.24) is 10.2 Å².